The topological polar surface area (TPSA) is 84.9 Å². The number of amides is 1. The minimum atomic E-state index is -3.62. The molecule has 0 heterocycles. The fourth-order valence-electron chi connectivity index (χ4n) is 3.47. The summed E-state index contributed by atoms with van der Waals surface area (Å²) in [6.45, 7) is 1.87. The Bertz CT molecular complexity index is 1250. The first-order valence-corrected chi connectivity index (χ1v) is 12.3. The van der Waals surface area contributed by atoms with Crippen LogP contribution < -0.4 is 19.1 Å². The van der Waals surface area contributed by atoms with Gasteiger partial charge in [0.05, 0.1) is 38.7 Å². The van der Waals surface area contributed by atoms with Crippen LogP contribution in [0.3, 0.4) is 0 Å². The molecule has 0 aliphatic heterocycles. The largest absolute Gasteiger partial charge is 0.497 e. The van der Waals surface area contributed by atoms with Crippen molar-refractivity contribution in [1.82, 2.24) is 5.32 Å². The van der Waals surface area contributed by atoms with Gasteiger partial charge in [0.2, 0.25) is 10.0 Å². The molecule has 3 aromatic carbocycles. The summed E-state index contributed by atoms with van der Waals surface area (Å²) < 4.78 is 49.8. The van der Waals surface area contributed by atoms with Gasteiger partial charge in [-0.2, -0.15) is 0 Å². The summed E-state index contributed by atoms with van der Waals surface area (Å²) in [6.07, 6.45) is 1.10. The van der Waals surface area contributed by atoms with Gasteiger partial charge in [-0.25, -0.2) is 12.8 Å². The van der Waals surface area contributed by atoms with Gasteiger partial charge in [-0.05, 0) is 67.1 Å². The number of anilines is 1. The maximum absolute atomic E-state index is 13.2. The Balaban J connectivity index is 1.78. The Kier molecular flexibility index (Phi) is 7.78. The molecule has 0 aliphatic carbocycles. The van der Waals surface area contributed by atoms with Gasteiger partial charge in [0.1, 0.15) is 17.3 Å². The summed E-state index contributed by atoms with van der Waals surface area (Å²) in [4.78, 5) is 12.8. The predicted molar refractivity (Wildman–Crippen MR) is 129 cm³/mol. The highest BCUT2D eigenvalue weighted by Crippen LogP contribution is 2.29. The van der Waals surface area contributed by atoms with E-state index < -0.39 is 15.8 Å². The van der Waals surface area contributed by atoms with Crippen LogP contribution in [-0.2, 0) is 16.6 Å². The molecule has 180 valence electrons. The molecule has 0 saturated heterocycles. The standard InChI is InChI=1S/C25H27FN2O5S/c1-17(23-15-22(32-2)13-14-24(23)33-3)27-25(29)19-7-11-21(12-8-19)28(34(4,30)31)16-18-5-9-20(26)10-6-18/h5-15,17H,16H2,1-4H3,(H,27,29)/t17-/m0/s1. The van der Waals surface area contributed by atoms with Gasteiger partial charge < -0.3 is 14.8 Å². The second-order valence-electron chi connectivity index (χ2n) is 7.75. The second kappa shape index (κ2) is 10.6. The number of sulfonamides is 1. The summed E-state index contributed by atoms with van der Waals surface area (Å²) >= 11 is 0. The van der Waals surface area contributed by atoms with E-state index in [0.717, 1.165) is 11.8 Å². The number of nitrogens with one attached hydrogen (secondary N) is 1. The average molecular weight is 487 g/mol. The van der Waals surface area contributed by atoms with E-state index in [1.54, 1.807) is 56.7 Å². The monoisotopic (exact) mass is 486 g/mol. The molecule has 0 saturated carbocycles. The van der Waals surface area contributed by atoms with E-state index in [1.165, 1.54) is 28.6 Å². The van der Waals surface area contributed by atoms with Gasteiger partial charge in [0.25, 0.3) is 5.91 Å². The predicted octanol–water partition coefficient (Wildman–Crippen LogP) is 4.30. The lowest BCUT2D eigenvalue weighted by molar-refractivity contribution is 0.0939. The molecule has 9 heteroatoms. The van der Waals surface area contributed by atoms with Crippen LogP contribution >= 0.6 is 0 Å². The average Bonchev–Trinajstić information content (AvgIpc) is 2.82. The second-order valence-corrected chi connectivity index (χ2v) is 9.65. The van der Waals surface area contributed by atoms with Crippen molar-refractivity contribution >= 4 is 21.6 Å². The molecule has 0 spiro atoms. The Morgan fingerprint density at radius 3 is 2.21 bits per heavy atom. The molecular weight excluding hydrogens is 459 g/mol. The molecule has 0 aliphatic rings. The highest BCUT2D eigenvalue weighted by atomic mass is 32.2. The van der Waals surface area contributed by atoms with Crippen molar-refractivity contribution in [1.29, 1.82) is 0 Å². The third kappa shape index (κ3) is 6.05. The van der Waals surface area contributed by atoms with Gasteiger partial charge in [0, 0.05) is 11.1 Å². The van der Waals surface area contributed by atoms with Crippen LogP contribution in [0.2, 0.25) is 0 Å². The van der Waals surface area contributed by atoms with E-state index in [0.29, 0.717) is 28.3 Å². The van der Waals surface area contributed by atoms with E-state index in [-0.39, 0.29) is 18.5 Å². The molecular formula is C25H27FN2O5S. The number of benzene rings is 3. The third-order valence-corrected chi connectivity index (χ3v) is 6.45. The SMILES string of the molecule is COc1ccc(OC)c([C@H](C)NC(=O)c2ccc(N(Cc3ccc(F)cc3)S(C)(=O)=O)cc2)c1. The lowest BCUT2D eigenvalue weighted by Crippen LogP contribution is -2.29. The van der Waals surface area contributed by atoms with Crippen LogP contribution in [0.25, 0.3) is 0 Å². The minimum absolute atomic E-state index is 0.0390. The molecule has 0 radical (unpaired) electrons. The van der Waals surface area contributed by atoms with Crippen molar-refractivity contribution in [2.24, 2.45) is 0 Å². The maximum Gasteiger partial charge on any atom is 0.251 e. The van der Waals surface area contributed by atoms with Crippen molar-refractivity contribution < 1.29 is 27.1 Å². The van der Waals surface area contributed by atoms with Crippen LogP contribution in [0.1, 0.15) is 34.5 Å². The molecule has 0 unspecified atom stereocenters. The van der Waals surface area contributed by atoms with Crippen LogP contribution in [0.4, 0.5) is 10.1 Å². The molecule has 1 amide bonds. The van der Waals surface area contributed by atoms with Gasteiger partial charge in [0.15, 0.2) is 0 Å². The van der Waals surface area contributed by atoms with E-state index >= 15 is 0 Å². The zero-order chi connectivity index (χ0) is 24.9. The van der Waals surface area contributed by atoms with Crippen molar-refractivity contribution in [3.63, 3.8) is 0 Å². The quantitative estimate of drug-likeness (QED) is 0.488. The molecule has 0 fully saturated rings. The normalized spacial score (nSPS) is 12.0. The van der Waals surface area contributed by atoms with Crippen molar-refractivity contribution in [2.45, 2.75) is 19.5 Å². The first-order chi connectivity index (χ1) is 16.1. The number of methoxy groups -OCH3 is 2. The van der Waals surface area contributed by atoms with Crippen molar-refractivity contribution in [2.75, 3.05) is 24.8 Å². The molecule has 3 aromatic rings. The first kappa shape index (κ1) is 25.0. The summed E-state index contributed by atoms with van der Waals surface area (Å²) in [5, 5.41) is 2.92. The van der Waals surface area contributed by atoms with Gasteiger partial charge in [-0.15, -0.1) is 0 Å². The number of carbonyl (C=O) groups is 1. The molecule has 3 rings (SSSR count). The smallest absolute Gasteiger partial charge is 0.251 e. The summed E-state index contributed by atoms with van der Waals surface area (Å²) in [5.41, 5.74) is 2.16. The van der Waals surface area contributed by atoms with E-state index in [4.69, 9.17) is 9.47 Å². The minimum Gasteiger partial charge on any atom is -0.497 e. The van der Waals surface area contributed by atoms with Gasteiger partial charge in [-0.1, -0.05) is 12.1 Å². The fraction of sp³-hybridized carbons (Fsp3) is 0.240. The number of hydrogen-bond donors (Lipinski definition) is 1. The van der Waals surface area contributed by atoms with Crippen LogP contribution in [0.15, 0.2) is 66.7 Å². The first-order valence-electron chi connectivity index (χ1n) is 10.5. The number of rotatable bonds is 9. The Hall–Kier alpha value is -3.59. The highest BCUT2D eigenvalue weighted by molar-refractivity contribution is 7.92. The van der Waals surface area contributed by atoms with Gasteiger partial charge in [-0.3, -0.25) is 9.10 Å². The van der Waals surface area contributed by atoms with Gasteiger partial charge >= 0.3 is 0 Å². The Morgan fingerprint density at radius 1 is 1.00 bits per heavy atom. The van der Waals surface area contributed by atoms with Crippen LogP contribution in [-0.4, -0.2) is 34.8 Å². The lowest BCUT2D eigenvalue weighted by atomic mass is 10.1. The lowest BCUT2D eigenvalue weighted by Gasteiger charge is -2.23. The van der Waals surface area contributed by atoms with Crippen molar-refractivity contribution in [3.05, 3.63) is 89.2 Å². The number of nitrogens with zero attached hydrogens (tertiary/aromatic N) is 1. The maximum atomic E-state index is 13.2. The molecule has 7 nitrogen and oxygen atoms in total. The van der Waals surface area contributed by atoms with Crippen molar-refractivity contribution in [3.8, 4) is 11.5 Å². The molecule has 0 bridgehead atoms. The molecule has 34 heavy (non-hydrogen) atoms. The summed E-state index contributed by atoms with van der Waals surface area (Å²) in [5.74, 6) is 0.538. The zero-order valence-electron chi connectivity index (χ0n) is 19.4. The Labute approximate surface area is 199 Å². The Morgan fingerprint density at radius 2 is 1.65 bits per heavy atom. The number of hydrogen-bond acceptors (Lipinski definition) is 5. The zero-order valence-corrected chi connectivity index (χ0v) is 20.2. The molecule has 1 atom stereocenters. The van der Waals surface area contributed by atoms with Crippen LogP contribution in [0, 0.1) is 5.82 Å². The summed E-state index contributed by atoms with van der Waals surface area (Å²) in [7, 11) is -0.500. The number of carbonyl (C=O) groups excluding carboxylic acids is 1. The van der Waals surface area contributed by atoms with E-state index in [9.17, 15) is 17.6 Å². The van der Waals surface area contributed by atoms with E-state index in [2.05, 4.69) is 5.32 Å². The van der Waals surface area contributed by atoms with Crippen LogP contribution in [0.5, 0.6) is 11.5 Å². The molecule has 1 N–H and O–H groups in total. The summed E-state index contributed by atoms with van der Waals surface area (Å²) in [6, 6.07) is 16.8. The number of halogens is 1. The highest BCUT2D eigenvalue weighted by Gasteiger charge is 2.20. The third-order valence-electron chi connectivity index (χ3n) is 5.31. The number of ether oxygens (including phenoxy) is 2. The van der Waals surface area contributed by atoms with E-state index in [1.807, 2.05) is 6.92 Å². The molecule has 0 aromatic heterocycles. The fourth-order valence-corrected chi connectivity index (χ4v) is 4.36.